The van der Waals surface area contributed by atoms with E-state index < -0.39 is 29.2 Å². The fourth-order valence-electron chi connectivity index (χ4n) is 5.55. The van der Waals surface area contributed by atoms with Crippen molar-refractivity contribution in [2.45, 2.75) is 64.7 Å². The van der Waals surface area contributed by atoms with E-state index >= 15 is 0 Å². The van der Waals surface area contributed by atoms with E-state index in [0.29, 0.717) is 30.4 Å². The van der Waals surface area contributed by atoms with Gasteiger partial charge in [0.25, 0.3) is 0 Å². The van der Waals surface area contributed by atoms with Crippen molar-refractivity contribution in [2.24, 2.45) is 23.7 Å². The summed E-state index contributed by atoms with van der Waals surface area (Å²) in [6, 6.07) is 7.72. The van der Waals surface area contributed by atoms with Gasteiger partial charge in [0.1, 0.15) is 11.5 Å². The Kier molecular flexibility index (Phi) is 8.17. The number of carbonyl (C=O) groups excluding carboxylic acids is 1. The standard InChI is InChI=1S/C28H33F3O3/c1-2-18-3-7-20(8-4-18)21-9-5-19(6-10-21)17-33-23-13-11-22(12-14-23)28(32)34-24-15-25(29)27(31)26(30)16-24/h11-16,18-21H,2-10,17H2,1H3. The molecule has 0 unspecified atom stereocenters. The van der Waals surface area contributed by atoms with Gasteiger partial charge in [-0.25, -0.2) is 18.0 Å². The Morgan fingerprint density at radius 2 is 1.32 bits per heavy atom. The van der Waals surface area contributed by atoms with Crippen molar-refractivity contribution in [3.05, 3.63) is 59.4 Å². The molecule has 2 aliphatic rings. The number of hydrogen-bond acceptors (Lipinski definition) is 3. The van der Waals surface area contributed by atoms with Crippen LogP contribution in [-0.4, -0.2) is 12.6 Å². The summed E-state index contributed by atoms with van der Waals surface area (Å²) in [7, 11) is 0. The van der Waals surface area contributed by atoms with Crippen LogP contribution in [0.3, 0.4) is 0 Å². The third kappa shape index (κ3) is 6.13. The zero-order valence-corrected chi connectivity index (χ0v) is 19.7. The summed E-state index contributed by atoms with van der Waals surface area (Å²) in [6.07, 6.45) is 12.0. The van der Waals surface area contributed by atoms with Gasteiger partial charge in [0, 0.05) is 12.1 Å². The Morgan fingerprint density at radius 3 is 1.85 bits per heavy atom. The molecule has 0 atom stereocenters. The summed E-state index contributed by atoms with van der Waals surface area (Å²) in [5.74, 6) is -1.65. The lowest BCUT2D eigenvalue weighted by Crippen LogP contribution is -2.27. The molecule has 34 heavy (non-hydrogen) atoms. The van der Waals surface area contributed by atoms with Crippen LogP contribution < -0.4 is 9.47 Å². The van der Waals surface area contributed by atoms with Gasteiger partial charge in [-0.1, -0.05) is 26.2 Å². The number of hydrogen-bond donors (Lipinski definition) is 0. The first kappa shape index (κ1) is 24.6. The third-order valence-electron chi connectivity index (χ3n) is 7.77. The molecule has 0 N–H and O–H groups in total. The summed E-state index contributed by atoms with van der Waals surface area (Å²) in [6.45, 7) is 2.97. The second-order valence-electron chi connectivity index (χ2n) is 9.90. The number of esters is 1. The van der Waals surface area contributed by atoms with Crippen LogP contribution in [0.15, 0.2) is 36.4 Å². The predicted molar refractivity (Wildman–Crippen MR) is 124 cm³/mol. The van der Waals surface area contributed by atoms with Crippen molar-refractivity contribution in [3.63, 3.8) is 0 Å². The van der Waals surface area contributed by atoms with E-state index in [0.717, 1.165) is 17.8 Å². The first-order chi connectivity index (χ1) is 16.4. The molecular formula is C28H33F3O3. The normalized spacial score (nSPS) is 25.1. The Labute approximate surface area is 199 Å². The highest BCUT2D eigenvalue weighted by Crippen LogP contribution is 2.42. The quantitative estimate of drug-likeness (QED) is 0.234. The van der Waals surface area contributed by atoms with Crippen molar-refractivity contribution in [1.82, 2.24) is 0 Å². The van der Waals surface area contributed by atoms with Crippen LogP contribution in [0.4, 0.5) is 13.2 Å². The van der Waals surface area contributed by atoms with Crippen LogP contribution in [0.25, 0.3) is 0 Å². The number of rotatable bonds is 7. The van der Waals surface area contributed by atoms with Gasteiger partial charge in [-0.3, -0.25) is 0 Å². The summed E-state index contributed by atoms with van der Waals surface area (Å²) < 4.78 is 50.6. The lowest BCUT2D eigenvalue weighted by molar-refractivity contribution is 0.0733. The highest BCUT2D eigenvalue weighted by Gasteiger charge is 2.30. The summed E-state index contributed by atoms with van der Waals surface area (Å²) >= 11 is 0. The average Bonchev–Trinajstić information content (AvgIpc) is 2.86. The summed E-state index contributed by atoms with van der Waals surface area (Å²) in [5, 5.41) is 0. The Hall–Kier alpha value is -2.50. The van der Waals surface area contributed by atoms with E-state index in [9.17, 15) is 18.0 Å². The molecular weight excluding hydrogens is 441 g/mol. The molecule has 2 saturated carbocycles. The lowest BCUT2D eigenvalue weighted by atomic mass is 9.69. The summed E-state index contributed by atoms with van der Waals surface area (Å²) in [4.78, 5) is 12.2. The second kappa shape index (κ2) is 11.3. The van der Waals surface area contributed by atoms with E-state index in [1.807, 2.05) is 0 Å². The van der Waals surface area contributed by atoms with Gasteiger partial charge in [0.05, 0.1) is 12.2 Å². The Bertz CT molecular complexity index is 936. The predicted octanol–water partition coefficient (Wildman–Crippen LogP) is 7.72. The van der Waals surface area contributed by atoms with Crippen molar-refractivity contribution in [2.75, 3.05) is 6.61 Å². The maximum atomic E-state index is 13.3. The number of carbonyl (C=O) groups is 1. The van der Waals surface area contributed by atoms with E-state index in [4.69, 9.17) is 9.47 Å². The lowest BCUT2D eigenvalue weighted by Gasteiger charge is -2.37. The molecule has 0 bridgehead atoms. The fraction of sp³-hybridized carbons (Fsp3) is 0.536. The van der Waals surface area contributed by atoms with Crippen LogP contribution in [0.5, 0.6) is 11.5 Å². The maximum Gasteiger partial charge on any atom is 0.343 e. The molecule has 0 radical (unpaired) electrons. The number of benzene rings is 2. The second-order valence-corrected chi connectivity index (χ2v) is 9.90. The Morgan fingerprint density at radius 1 is 0.794 bits per heavy atom. The fourth-order valence-corrected chi connectivity index (χ4v) is 5.55. The van der Waals surface area contributed by atoms with Crippen LogP contribution in [-0.2, 0) is 0 Å². The van der Waals surface area contributed by atoms with E-state index in [-0.39, 0.29) is 5.56 Å². The smallest absolute Gasteiger partial charge is 0.343 e. The zero-order chi connectivity index (χ0) is 24.1. The molecule has 184 valence electrons. The van der Waals surface area contributed by atoms with Crippen molar-refractivity contribution < 1.29 is 27.4 Å². The van der Waals surface area contributed by atoms with Crippen LogP contribution in [0.1, 0.15) is 75.1 Å². The minimum atomic E-state index is -1.60. The first-order valence-electron chi connectivity index (χ1n) is 12.5. The van der Waals surface area contributed by atoms with Gasteiger partial charge < -0.3 is 9.47 Å². The van der Waals surface area contributed by atoms with Crippen molar-refractivity contribution in [3.8, 4) is 11.5 Å². The largest absolute Gasteiger partial charge is 0.493 e. The van der Waals surface area contributed by atoms with Gasteiger partial charge in [0.15, 0.2) is 17.5 Å². The molecule has 0 spiro atoms. The molecule has 3 nitrogen and oxygen atoms in total. The van der Waals surface area contributed by atoms with Gasteiger partial charge in [-0.15, -0.1) is 0 Å². The topological polar surface area (TPSA) is 35.5 Å². The molecule has 2 aliphatic carbocycles. The van der Waals surface area contributed by atoms with Gasteiger partial charge in [-0.05, 0) is 86.5 Å². The monoisotopic (exact) mass is 474 g/mol. The molecule has 0 amide bonds. The minimum Gasteiger partial charge on any atom is -0.493 e. The average molecular weight is 475 g/mol. The molecule has 6 heteroatoms. The molecule has 0 aromatic heterocycles. The molecule has 2 aromatic rings. The first-order valence-corrected chi connectivity index (χ1v) is 12.5. The zero-order valence-electron chi connectivity index (χ0n) is 19.7. The summed E-state index contributed by atoms with van der Waals surface area (Å²) in [5.41, 5.74) is 0.204. The number of halogens is 3. The highest BCUT2D eigenvalue weighted by molar-refractivity contribution is 5.91. The SMILES string of the molecule is CCC1CCC(C2CCC(COc3ccc(C(=O)Oc4cc(F)c(F)c(F)c4)cc3)CC2)CC1. The van der Waals surface area contributed by atoms with Crippen molar-refractivity contribution >= 4 is 5.97 Å². The van der Waals surface area contributed by atoms with Crippen LogP contribution in [0.2, 0.25) is 0 Å². The van der Waals surface area contributed by atoms with E-state index in [1.165, 1.54) is 69.9 Å². The van der Waals surface area contributed by atoms with Crippen LogP contribution >= 0.6 is 0 Å². The molecule has 0 saturated heterocycles. The van der Waals surface area contributed by atoms with Gasteiger partial charge in [-0.2, -0.15) is 0 Å². The van der Waals surface area contributed by atoms with E-state index in [2.05, 4.69) is 6.92 Å². The molecule has 2 fully saturated rings. The van der Waals surface area contributed by atoms with Gasteiger partial charge >= 0.3 is 5.97 Å². The molecule has 0 aliphatic heterocycles. The number of ether oxygens (including phenoxy) is 2. The third-order valence-corrected chi connectivity index (χ3v) is 7.77. The molecule has 4 rings (SSSR count). The maximum absolute atomic E-state index is 13.3. The van der Waals surface area contributed by atoms with E-state index in [1.54, 1.807) is 12.1 Å². The Balaban J connectivity index is 1.21. The molecule has 2 aromatic carbocycles. The van der Waals surface area contributed by atoms with Gasteiger partial charge in [0.2, 0.25) is 0 Å². The molecule has 0 heterocycles. The van der Waals surface area contributed by atoms with Crippen LogP contribution in [0, 0.1) is 41.1 Å². The highest BCUT2D eigenvalue weighted by atomic mass is 19.2. The minimum absolute atomic E-state index is 0.204. The van der Waals surface area contributed by atoms with Crippen molar-refractivity contribution in [1.29, 1.82) is 0 Å².